The number of ether oxygens (including phenoxy) is 1. The highest BCUT2D eigenvalue weighted by Gasteiger charge is 2.15. The van der Waals surface area contributed by atoms with Crippen LogP contribution in [0.25, 0.3) is 6.08 Å². The molecular weight excluding hydrogens is 264 g/mol. The Labute approximate surface area is 116 Å². The summed E-state index contributed by atoms with van der Waals surface area (Å²) >= 11 is 0. The van der Waals surface area contributed by atoms with Gasteiger partial charge in [0.1, 0.15) is 6.61 Å². The lowest BCUT2D eigenvalue weighted by Crippen LogP contribution is -2.19. The van der Waals surface area contributed by atoms with Gasteiger partial charge in [-0.25, -0.2) is 4.79 Å². The number of benzene rings is 1. The molecule has 1 N–H and O–H groups in total. The van der Waals surface area contributed by atoms with Gasteiger partial charge < -0.3 is 14.7 Å². The van der Waals surface area contributed by atoms with Crippen molar-refractivity contribution in [3.05, 3.63) is 40.0 Å². The van der Waals surface area contributed by atoms with Gasteiger partial charge in [-0.2, -0.15) is 0 Å². The summed E-state index contributed by atoms with van der Waals surface area (Å²) in [6, 6.07) is 4.32. The van der Waals surface area contributed by atoms with Crippen LogP contribution in [0.15, 0.2) is 24.3 Å². The first-order chi connectivity index (χ1) is 9.40. The summed E-state index contributed by atoms with van der Waals surface area (Å²) in [5.41, 5.74) is 0.246. The average molecular weight is 280 g/mol. The molecule has 7 nitrogen and oxygen atoms in total. The lowest BCUT2D eigenvalue weighted by atomic mass is 10.1. The highest BCUT2D eigenvalue weighted by molar-refractivity contribution is 5.85. The van der Waals surface area contributed by atoms with Gasteiger partial charge in [-0.05, 0) is 31.8 Å². The van der Waals surface area contributed by atoms with Crippen LogP contribution in [0.5, 0.6) is 5.75 Å². The van der Waals surface area contributed by atoms with Gasteiger partial charge in [0.25, 0.3) is 0 Å². The fraction of sp³-hybridized carbons (Fsp3) is 0.308. The second-order valence-corrected chi connectivity index (χ2v) is 4.31. The highest BCUT2D eigenvalue weighted by atomic mass is 16.6. The zero-order valence-corrected chi connectivity index (χ0v) is 11.3. The molecule has 0 amide bonds. The molecule has 0 saturated carbocycles. The van der Waals surface area contributed by atoms with Crippen molar-refractivity contribution in [3.8, 4) is 5.75 Å². The molecular formula is C13H16N2O5. The molecule has 0 heterocycles. The van der Waals surface area contributed by atoms with Crippen LogP contribution in [0.3, 0.4) is 0 Å². The lowest BCUT2D eigenvalue weighted by Gasteiger charge is -2.11. The molecule has 108 valence electrons. The second-order valence-electron chi connectivity index (χ2n) is 4.31. The van der Waals surface area contributed by atoms with Gasteiger partial charge in [0.05, 0.1) is 4.92 Å². The Morgan fingerprint density at radius 1 is 1.50 bits per heavy atom. The number of carboxylic acids is 1. The molecule has 0 spiro atoms. The van der Waals surface area contributed by atoms with Crippen molar-refractivity contribution in [3.63, 3.8) is 0 Å². The summed E-state index contributed by atoms with van der Waals surface area (Å²) in [6.07, 6.45) is 2.21. The highest BCUT2D eigenvalue weighted by Crippen LogP contribution is 2.28. The summed E-state index contributed by atoms with van der Waals surface area (Å²) in [4.78, 5) is 22.7. The van der Waals surface area contributed by atoms with E-state index in [0.29, 0.717) is 18.7 Å². The quantitative estimate of drug-likeness (QED) is 0.463. The molecule has 1 aromatic rings. The van der Waals surface area contributed by atoms with Gasteiger partial charge in [0.2, 0.25) is 0 Å². The maximum atomic E-state index is 11.0. The summed E-state index contributed by atoms with van der Waals surface area (Å²) in [5, 5.41) is 19.5. The van der Waals surface area contributed by atoms with Crippen LogP contribution >= 0.6 is 0 Å². The second kappa shape index (κ2) is 7.25. The number of carbonyl (C=O) groups is 1. The van der Waals surface area contributed by atoms with Crippen LogP contribution in [-0.4, -0.2) is 48.1 Å². The summed E-state index contributed by atoms with van der Waals surface area (Å²) < 4.78 is 5.37. The van der Waals surface area contributed by atoms with Crippen LogP contribution in [0, 0.1) is 10.1 Å². The molecule has 0 unspecified atom stereocenters. The van der Waals surface area contributed by atoms with Crippen LogP contribution in [0.4, 0.5) is 5.69 Å². The number of rotatable bonds is 7. The van der Waals surface area contributed by atoms with E-state index in [1.807, 2.05) is 19.0 Å². The molecule has 0 fully saturated rings. The van der Waals surface area contributed by atoms with Crippen molar-refractivity contribution in [1.82, 2.24) is 4.90 Å². The minimum Gasteiger partial charge on any atom is -0.485 e. The topological polar surface area (TPSA) is 92.9 Å². The van der Waals surface area contributed by atoms with E-state index in [1.165, 1.54) is 18.2 Å². The first-order valence-electron chi connectivity index (χ1n) is 5.87. The molecule has 1 rings (SSSR count). The van der Waals surface area contributed by atoms with E-state index < -0.39 is 10.9 Å². The largest absolute Gasteiger partial charge is 0.485 e. The molecule has 0 aliphatic heterocycles. The third-order valence-corrected chi connectivity index (χ3v) is 2.39. The molecule has 1 aromatic carbocycles. The van der Waals surface area contributed by atoms with Crippen molar-refractivity contribution in [1.29, 1.82) is 0 Å². The van der Waals surface area contributed by atoms with Gasteiger partial charge in [0.15, 0.2) is 5.75 Å². The fourth-order valence-electron chi connectivity index (χ4n) is 1.41. The Bertz CT molecular complexity index is 525. The normalized spacial score (nSPS) is 10.9. The average Bonchev–Trinajstić information content (AvgIpc) is 2.36. The Morgan fingerprint density at radius 3 is 2.75 bits per heavy atom. The maximum absolute atomic E-state index is 11.0. The number of carboxylic acid groups (broad SMARTS) is 1. The fourth-order valence-corrected chi connectivity index (χ4v) is 1.41. The van der Waals surface area contributed by atoms with Gasteiger partial charge in [-0.15, -0.1) is 0 Å². The Balaban J connectivity index is 2.90. The standard InChI is InChI=1S/C13H16N2O5/c1-14(2)7-8-20-12-5-3-10(4-6-13(16)17)9-11(12)15(18)19/h3-6,9H,7-8H2,1-2H3,(H,16,17)/b6-4+. The van der Waals surface area contributed by atoms with Crippen molar-refractivity contribution < 1.29 is 19.6 Å². The summed E-state index contributed by atoms with van der Waals surface area (Å²) in [5.74, 6) is -0.941. The van der Waals surface area contributed by atoms with E-state index in [-0.39, 0.29) is 11.4 Å². The summed E-state index contributed by atoms with van der Waals surface area (Å²) in [7, 11) is 3.75. The number of likely N-dealkylation sites (N-methyl/N-ethyl adjacent to an activating group) is 1. The van der Waals surface area contributed by atoms with Gasteiger partial charge >= 0.3 is 11.7 Å². The molecule has 0 saturated heterocycles. The number of hydrogen-bond donors (Lipinski definition) is 1. The first kappa shape index (κ1) is 15.6. The van der Waals surface area contributed by atoms with E-state index in [2.05, 4.69) is 0 Å². The summed E-state index contributed by atoms with van der Waals surface area (Å²) in [6.45, 7) is 0.968. The van der Waals surface area contributed by atoms with Crippen molar-refractivity contribution >= 4 is 17.7 Å². The lowest BCUT2D eigenvalue weighted by molar-refractivity contribution is -0.385. The van der Waals surface area contributed by atoms with E-state index in [9.17, 15) is 14.9 Å². The number of aliphatic carboxylic acids is 1. The van der Waals surface area contributed by atoms with Crippen molar-refractivity contribution in [2.75, 3.05) is 27.2 Å². The van der Waals surface area contributed by atoms with E-state index in [0.717, 1.165) is 6.08 Å². The Hall–Kier alpha value is -2.41. The third-order valence-electron chi connectivity index (χ3n) is 2.39. The minimum atomic E-state index is -1.11. The van der Waals surface area contributed by atoms with Crippen LogP contribution in [0.1, 0.15) is 5.56 Å². The first-order valence-corrected chi connectivity index (χ1v) is 5.87. The van der Waals surface area contributed by atoms with E-state index in [1.54, 1.807) is 6.07 Å². The Morgan fingerprint density at radius 2 is 2.20 bits per heavy atom. The molecule has 0 aliphatic carbocycles. The molecule has 0 atom stereocenters. The predicted molar refractivity (Wildman–Crippen MR) is 73.8 cm³/mol. The Kier molecular flexibility index (Phi) is 5.67. The van der Waals surface area contributed by atoms with Crippen LogP contribution in [-0.2, 0) is 4.79 Å². The minimum absolute atomic E-state index is 0.171. The zero-order valence-electron chi connectivity index (χ0n) is 11.3. The molecule has 0 bridgehead atoms. The monoisotopic (exact) mass is 280 g/mol. The number of hydrogen-bond acceptors (Lipinski definition) is 5. The molecule has 20 heavy (non-hydrogen) atoms. The SMILES string of the molecule is CN(C)CCOc1ccc(/C=C/C(=O)O)cc1[N+](=O)[O-]. The molecule has 7 heteroatoms. The van der Waals surface area contributed by atoms with E-state index in [4.69, 9.17) is 9.84 Å². The molecule has 0 aromatic heterocycles. The van der Waals surface area contributed by atoms with E-state index >= 15 is 0 Å². The maximum Gasteiger partial charge on any atom is 0.328 e. The molecule has 0 aliphatic rings. The van der Waals surface area contributed by atoms with Gasteiger partial charge in [-0.3, -0.25) is 10.1 Å². The van der Waals surface area contributed by atoms with Crippen molar-refractivity contribution in [2.24, 2.45) is 0 Å². The predicted octanol–water partition coefficient (Wildman–Crippen LogP) is 1.63. The number of nitrogens with zero attached hydrogens (tertiary/aromatic N) is 2. The zero-order chi connectivity index (χ0) is 15.1. The number of nitro groups is 1. The molecule has 0 radical (unpaired) electrons. The van der Waals surface area contributed by atoms with Gasteiger partial charge in [-0.1, -0.05) is 6.07 Å². The van der Waals surface area contributed by atoms with Crippen LogP contribution < -0.4 is 4.74 Å². The van der Waals surface area contributed by atoms with Crippen molar-refractivity contribution in [2.45, 2.75) is 0 Å². The third kappa shape index (κ3) is 5.07. The number of nitro benzene ring substituents is 1. The van der Waals surface area contributed by atoms with Gasteiger partial charge in [0, 0.05) is 18.7 Å². The smallest absolute Gasteiger partial charge is 0.328 e. The van der Waals surface area contributed by atoms with Crippen LogP contribution in [0.2, 0.25) is 0 Å².